The molecule has 0 aromatic carbocycles. The fourth-order valence-corrected chi connectivity index (χ4v) is 2.75. The van der Waals surface area contributed by atoms with Gasteiger partial charge in [0.2, 0.25) is 0 Å². The fourth-order valence-electron chi connectivity index (χ4n) is 2.75. The van der Waals surface area contributed by atoms with Crippen molar-refractivity contribution in [2.75, 3.05) is 20.1 Å². The number of hydrogen-bond donors (Lipinski definition) is 2. The van der Waals surface area contributed by atoms with Gasteiger partial charge in [0.05, 0.1) is 5.92 Å². The largest absolute Gasteiger partial charge is 0.481 e. The van der Waals surface area contributed by atoms with Crippen molar-refractivity contribution in [2.24, 2.45) is 11.3 Å². The number of carboxylic acid groups (broad SMARTS) is 1. The number of aliphatic carboxylic acids is 1. The minimum absolute atomic E-state index is 0.173. The third-order valence-electron chi connectivity index (χ3n) is 4.34. The van der Waals surface area contributed by atoms with Crippen LogP contribution in [-0.4, -0.2) is 42.1 Å². The van der Waals surface area contributed by atoms with Gasteiger partial charge in [-0.15, -0.1) is 0 Å². The van der Waals surface area contributed by atoms with Crippen molar-refractivity contribution >= 4 is 12.0 Å². The number of amides is 2. The first-order chi connectivity index (χ1) is 8.90. The van der Waals surface area contributed by atoms with Gasteiger partial charge in [-0.3, -0.25) is 4.79 Å². The van der Waals surface area contributed by atoms with E-state index in [0.717, 1.165) is 6.42 Å². The Morgan fingerprint density at radius 3 is 2.42 bits per heavy atom. The Hall–Kier alpha value is -1.26. The molecule has 2 amide bonds. The maximum absolute atomic E-state index is 11.9. The Bertz CT molecular complexity index is 325. The van der Waals surface area contributed by atoms with Crippen molar-refractivity contribution < 1.29 is 14.7 Å². The third kappa shape index (κ3) is 4.40. The van der Waals surface area contributed by atoms with E-state index in [9.17, 15) is 9.59 Å². The van der Waals surface area contributed by atoms with Crippen molar-refractivity contribution in [1.29, 1.82) is 0 Å². The number of carbonyl (C=O) groups excluding carboxylic acids is 1. The van der Waals surface area contributed by atoms with E-state index < -0.39 is 11.9 Å². The second kappa shape index (κ2) is 6.78. The van der Waals surface area contributed by atoms with E-state index in [2.05, 4.69) is 12.2 Å². The van der Waals surface area contributed by atoms with Crippen LogP contribution in [0.3, 0.4) is 0 Å². The summed E-state index contributed by atoms with van der Waals surface area (Å²) in [6.45, 7) is 4.72. The SMILES string of the molecule is CCC1(CNC(=O)N(C)CC(C)C(=O)O)CCCC1. The molecule has 1 rings (SSSR count). The molecule has 0 saturated heterocycles. The summed E-state index contributed by atoms with van der Waals surface area (Å²) in [4.78, 5) is 24.2. The van der Waals surface area contributed by atoms with E-state index in [4.69, 9.17) is 5.11 Å². The Labute approximate surface area is 115 Å². The predicted molar refractivity (Wildman–Crippen MR) is 74.0 cm³/mol. The maximum atomic E-state index is 11.9. The van der Waals surface area contributed by atoms with E-state index in [-0.39, 0.29) is 18.0 Å². The standard InChI is InChI=1S/C14H26N2O3/c1-4-14(7-5-6-8-14)10-15-13(19)16(3)9-11(2)12(17)18/h11H,4-10H2,1-3H3,(H,15,19)(H,17,18). The highest BCUT2D eigenvalue weighted by atomic mass is 16.4. The predicted octanol–water partition coefficient (Wildman–Crippen LogP) is 2.32. The highest BCUT2D eigenvalue weighted by Crippen LogP contribution is 2.40. The summed E-state index contributed by atoms with van der Waals surface area (Å²) in [6.07, 6.45) is 5.94. The van der Waals surface area contributed by atoms with Gasteiger partial charge < -0.3 is 15.3 Å². The molecular weight excluding hydrogens is 244 g/mol. The van der Waals surface area contributed by atoms with Gasteiger partial charge in [0.25, 0.3) is 0 Å². The molecule has 1 aliphatic rings. The first kappa shape index (κ1) is 15.8. The highest BCUT2D eigenvalue weighted by Gasteiger charge is 2.32. The van der Waals surface area contributed by atoms with Crippen LogP contribution in [0.5, 0.6) is 0 Å². The monoisotopic (exact) mass is 270 g/mol. The van der Waals surface area contributed by atoms with Crippen LogP contribution in [0.4, 0.5) is 4.79 Å². The van der Waals surface area contributed by atoms with Crippen LogP contribution in [0.1, 0.15) is 46.0 Å². The maximum Gasteiger partial charge on any atom is 0.317 e. The van der Waals surface area contributed by atoms with Gasteiger partial charge in [0, 0.05) is 20.1 Å². The zero-order chi connectivity index (χ0) is 14.5. The molecule has 5 heteroatoms. The molecule has 19 heavy (non-hydrogen) atoms. The lowest BCUT2D eigenvalue weighted by molar-refractivity contribution is -0.141. The summed E-state index contributed by atoms with van der Waals surface area (Å²) < 4.78 is 0. The van der Waals surface area contributed by atoms with E-state index in [1.807, 2.05) is 0 Å². The second-order valence-electron chi connectivity index (χ2n) is 5.84. The van der Waals surface area contributed by atoms with Gasteiger partial charge >= 0.3 is 12.0 Å². The molecule has 0 heterocycles. The zero-order valence-corrected chi connectivity index (χ0v) is 12.2. The van der Waals surface area contributed by atoms with Gasteiger partial charge in [-0.1, -0.05) is 26.7 Å². The van der Waals surface area contributed by atoms with E-state index in [0.29, 0.717) is 6.54 Å². The molecule has 1 saturated carbocycles. The molecule has 0 aromatic rings. The molecule has 5 nitrogen and oxygen atoms in total. The van der Waals surface area contributed by atoms with Crippen molar-refractivity contribution in [3.8, 4) is 0 Å². The topological polar surface area (TPSA) is 69.6 Å². The number of rotatable bonds is 6. The highest BCUT2D eigenvalue weighted by molar-refractivity contribution is 5.75. The van der Waals surface area contributed by atoms with Crippen molar-refractivity contribution in [3.63, 3.8) is 0 Å². The third-order valence-corrected chi connectivity index (χ3v) is 4.34. The average molecular weight is 270 g/mol. The van der Waals surface area contributed by atoms with Crippen LogP contribution in [0.25, 0.3) is 0 Å². The first-order valence-corrected chi connectivity index (χ1v) is 7.12. The Morgan fingerprint density at radius 2 is 1.95 bits per heavy atom. The molecule has 0 aliphatic heterocycles. The lowest BCUT2D eigenvalue weighted by Gasteiger charge is -2.29. The zero-order valence-electron chi connectivity index (χ0n) is 12.2. The first-order valence-electron chi connectivity index (χ1n) is 7.12. The van der Waals surface area contributed by atoms with Crippen LogP contribution < -0.4 is 5.32 Å². The summed E-state index contributed by atoms with van der Waals surface area (Å²) in [5, 5.41) is 11.8. The van der Waals surface area contributed by atoms with Gasteiger partial charge in [-0.25, -0.2) is 4.79 Å². The van der Waals surface area contributed by atoms with E-state index in [1.54, 1.807) is 14.0 Å². The van der Waals surface area contributed by atoms with Crippen molar-refractivity contribution in [3.05, 3.63) is 0 Å². The second-order valence-corrected chi connectivity index (χ2v) is 5.84. The molecule has 0 radical (unpaired) electrons. The lowest BCUT2D eigenvalue weighted by atomic mass is 9.83. The summed E-state index contributed by atoms with van der Waals surface area (Å²) in [7, 11) is 1.64. The van der Waals surface area contributed by atoms with Crippen molar-refractivity contribution in [2.45, 2.75) is 46.0 Å². The quantitative estimate of drug-likeness (QED) is 0.778. The summed E-state index contributed by atoms with van der Waals surface area (Å²) in [5.74, 6) is -1.41. The Morgan fingerprint density at radius 1 is 1.37 bits per heavy atom. The number of nitrogens with zero attached hydrogens (tertiary/aromatic N) is 1. The molecule has 1 unspecified atom stereocenters. The number of carboxylic acids is 1. The minimum Gasteiger partial charge on any atom is -0.481 e. The Balaban J connectivity index is 2.39. The number of nitrogens with one attached hydrogen (secondary N) is 1. The smallest absolute Gasteiger partial charge is 0.317 e. The molecule has 2 N–H and O–H groups in total. The molecular formula is C14H26N2O3. The van der Waals surface area contributed by atoms with Crippen molar-refractivity contribution in [1.82, 2.24) is 10.2 Å². The molecule has 1 aliphatic carbocycles. The van der Waals surface area contributed by atoms with Crippen LogP contribution in [0.2, 0.25) is 0 Å². The molecule has 1 atom stereocenters. The number of hydrogen-bond acceptors (Lipinski definition) is 2. The summed E-state index contributed by atoms with van der Waals surface area (Å²) in [6, 6.07) is -0.173. The van der Waals surface area contributed by atoms with Crippen LogP contribution in [0.15, 0.2) is 0 Å². The molecule has 0 spiro atoms. The van der Waals surface area contributed by atoms with Gasteiger partial charge in [-0.05, 0) is 24.7 Å². The van der Waals surface area contributed by atoms with Gasteiger partial charge in [0.15, 0.2) is 0 Å². The van der Waals surface area contributed by atoms with Crippen LogP contribution in [-0.2, 0) is 4.79 Å². The van der Waals surface area contributed by atoms with E-state index >= 15 is 0 Å². The minimum atomic E-state index is -0.875. The summed E-state index contributed by atoms with van der Waals surface area (Å²) in [5.41, 5.74) is 0.259. The van der Waals surface area contributed by atoms with E-state index in [1.165, 1.54) is 30.6 Å². The molecule has 110 valence electrons. The fraction of sp³-hybridized carbons (Fsp3) is 0.857. The van der Waals surface area contributed by atoms with Gasteiger partial charge in [0.1, 0.15) is 0 Å². The van der Waals surface area contributed by atoms with Crippen LogP contribution in [0, 0.1) is 11.3 Å². The molecule has 0 aromatic heterocycles. The normalized spacial score (nSPS) is 18.9. The summed E-state index contributed by atoms with van der Waals surface area (Å²) >= 11 is 0. The molecule has 1 fully saturated rings. The van der Waals surface area contributed by atoms with Gasteiger partial charge in [-0.2, -0.15) is 0 Å². The lowest BCUT2D eigenvalue weighted by Crippen LogP contribution is -2.44. The number of carbonyl (C=O) groups is 2. The molecule has 0 bridgehead atoms. The van der Waals surface area contributed by atoms with Crippen LogP contribution >= 0.6 is 0 Å². The Kier molecular flexibility index (Phi) is 5.63. The number of urea groups is 1. The average Bonchev–Trinajstić information content (AvgIpc) is 2.85.